The molecule has 12 heteroatoms. The zero-order valence-electron chi connectivity index (χ0n) is 28.4. The molecule has 12 nitrogen and oxygen atoms in total. The molecule has 4 aromatic rings. The van der Waals surface area contributed by atoms with Gasteiger partial charge < -0.3 is 25.0 Å². The fraction of sp³-hybridized carbons (Fsp3) is 0.324. The van der Waals surface area contributed by atoms with Crippen LogP contribution in [0.5, 0.6) is 0 Å². The number of anilines is 1. The molecule has 0 atom stereocenters. The first-order valence-corrected chi connectivity index (χ1v) is 16.1. The van der Waals surface area contributed by atoms with Crippen molar-refractivity contribution in [3.05, 3.63) is 77.4 Å². The number of nitrogen functional groups attached to an aromatic ring is 1. The number of amides is 4. The van der Waals surface area contributed by atoms with Gasteiger partial charge in [0.15, 0.2) is 0 Å². The highest BCUT2D eigenvalue weighted by atomic mass is 16.6. The van der Waals surface area contributed by atoms with E-state index in [0.717, 1.165) is 5.56 Å². The number of aromatic nitrogens is 1. The van der Waals surface area contributed by atoms with Crippen molar-refractivity contribution >= 4 is 46.5 Å². The molecule has 0 spiro atoms. The lowest BCUT2D eigenvalue weighted by molar-refractivity contribution is 0.0140. The first-order chi connectivity index (χ1) is 23.0. The first kappa shape index (κ1) is 33.3. The van der Waals surface area contributed by atoms with Gasteiger partial charge in [0.05, 0.1) is 28.0 Å². The highest BCUT2D eigenvalue weighted by Crippen LogP contribution is 2.41. The molecule has 254 valence electrons. The molecule has 1 saturated heterocycles. The zero-order chi connectivity index (χ0) is 35.4. The summed E-state index contributed by atoms with van der Waals surface area (Å²) >= 11 is 0. The number of imide groups is 1. The Morgan fingerprint density at radius 2 is 1.31 bits per heavy atom. The summed E-state index contributed by atoms with van der Waals surface area (Å²) in [6.45, 7) is 12.0. The molecular weight excluding hydrogens is 626 g/mol. The SMILES string of the molecule is CC(C)(C)OC(=O)N1CCN(C(=O)c2ccc3c(c2)cc(-c2cc(-c4ccccc4)c(N)c4c2C(=O)NC4=O)n3C(=O)OC(C)(C)C)CC1. The molecule has 49 heavy (non-hydrogen) atoms. The Morgan fingerprint density at radius 1 is 0.714 bits per heavy atom. The molecule has 3 heterocycles. The van der Waals surface area contributed by atoms with E-state index in [4.69, 9.17) is 15.2 Å². The van der Waals surface area contributed by atoms with Crippen molar-refractivity contribution in [3.8, 4) is 22.4 Å². The van der Waals surface area contributed by atoms with Crippen LogP contribution in [0.25, 0.3) is 33.3 Å². The van der Waals surface area contributed by atoms with Gasteiger partial charge in [-0.1, -0.05) is 30.3 Å². The third-order valence-electron chi connectivity index (χ3n) is 8.25. The number of carbonyl (C=O) groups excluding carboxylic acids is 5. The van der Waals surface area contributed by atoms with Crippen molar-refractivity contribution in [2.75, 3.05) is 31.9 Å². The molecule has 3 aromatic carbocycles. The fourth-order valence-electron chi connectivity index (χ4n) is 6.11. The quantitative estimate of drug-likeness (QED) is 0.202. The Hall–Kier alpha value is -5.65. The maximum Gasteiger partial charge on any atom is 0.419 e. The summed E-state index contributed by atoms with van der Waals surface area (Å²) in [5.74, 6) is -1.50. The van der Waals surface area contributed by atoms with Crippen LogP contribution in [0.15, 0.2) is 60.7 Å². The van der Waals surface area contributed by atoms with E-state index < -0.39 is 35.2 Å². The van der Waals surface area contributed by atoms with E-state index in [9.17, 15) is 24.0 Å². The van der Waals surface area contributed by atoms with Crippen LogP contribution in [0.4, 0.5) is 15.3 Å². The van der Waals surface area contributed by atoms with E-state index in [2.05, 4.69) is 5.32 Å². The summed E-state index contributed by atoms with van der Waals surface area (Å²) in [7, 11) is 0. The average molecular weight is 666 g/mol. The molecule has 3 N–H and O–H groups in total. The summed E-state index contributed by atoms with van der Waals surface area (Å²) < 4.78 is 12.6. The van der Waals surface area contributed by atoms with E-state index >= 15 is 0 Å². The lowest BCUT2D eigenvalue weighted by Crippen LogP contribution is -2.51. The molecule has 1 aromatic heterocycles. The third kappa shape index (κ3) is 6.46. The van der Waals surface area contributed by atoms with Crippen LogP contribution in [-0.2, 0) is 9.47 Å². The standard InChI is InChI=1S/C37H39N5O7/c1-36(2,3)48-34(46)41-16-14-40(15-17-41)33(45)22-12-13-26-23(18-22)19-27(42(26)35(47)49-37(4,5)6)25-20-24(21-10-8-7-9-11-21)30(38)29-28(25)31(43)39-32(29)44/h7-13,18-20H,14-17,38H2,1-6H3,(H,39,43,44). The maximum atomic E-state index is 13.9. The van der Waals surface area contributed by atoms with Gasteiger partial charge in [0, 0.05) is 48.3 Å². The van der Waals surface area contributed by atoms with E-state index in [1.165, 1.54) is 4.57 Å². The van der Waals surface area contributed by atoms with E-state index in [1.54, 1.807) is 81.7 Å². The highest BCUT2D eigenvalue weighted by molar-refractivity contribution is 6.27. The van der Waals surface area contributed by atoms with Crippen LogP contribution in [0.3, 0.4) is 0 Å². The number of ether oxygens (including phenoxy) is 2. The number of rotatable bonds is 3. The number of fused-ring (bicyclic) bond motifs is 2. The molecule has 0 radical (unpaired) electrons. The smallest absolute Gasteiger partial charge is 0.419 e. The van der Waals surface area contributed by atoms with Gasteiger partial charge in [-0.3, -0.25) is 19.7 Å². The van der Waals surface area contributed by atoms with Gasteiger partial charge in [-0.25, -0.2) is 14.2 Å². The van der Waals surface area contributed by atoms with E-state index in [1.807, 2.05) is 30.3 Å². The molecule has 0 bridgehead atoms. The largest absolute Gasteiger partial charge is 0.444 e. The number of nitrogens with one attached hydrogen (secondary N) is 1. The average Bonchev–Trinajstić information content (AvgIpc) is 3.56. The summed E-state index contributed by atoms with van der Waals surface area (Å²) in [4.78, 5) is 69.7. The van der Waals surface area contributed by atoms with Crippen LogP contribution in [-0.4, -0.2) is 81.7 Å². The molecule has 1 fully saturated rings. The van der Waals surface area contributed by atoms with Gasteiger partial charge in [-0.05, 0) is 77.4 Å². The zero-order valence-corrected chi connectivity index (χ0v) is 28.4. The number of carbonyl (C=O) groups is 5. The minimum Gasteiger partial charge on any atom is -0.444 e. The minimum atomic E-state index is -0.853. The van der Waals surface area contributed by atoms with Crippen molar-refractivity contribution < 1.29 is 33.4 Å². The normalized spacial score (nSPS) is 14.9. The van der Waals surface area contributed by atoms with Crippen molar-refractivity contribution in [1.29, 1.82) is 0 Å². The van der Waals surface area contributed by atoms with Crippen molar-refractivity contribution in [2.45, 2.75) is 52.7 Å². The van der Waals surface area contributed by atoms with Gasteiger partial charge in [-0.2, -0.15) is 0 Å². The van der Waals surface area contributed by atoms with Crippen molar-refractivity contribution in [3.63, 3.8) is 0 Å². The maximum absolute atomic E-state index is 13.9. The molecule has 0 aliphatic carbocycles. The van der Waals surface area contributed by atoms with Crippen molar-refractivity contribution in [1.82, 2.24) is 19.7 Å². The number of piperazine rings is 1. The molecule has 6 rings (SSSR count). The number of hydrogen-bond donors (Lipinski definition) is 2. The molecule has 2 aliphatic heterocycles. The molecule has 4 amide bonds. The summed E-state index contributed by atoms with van der Waals surface area (Å²) in [6, 6.07) is 17.6. The summed E-state index contributed by atoms with van der Waals surface area (Å²) in [5, 5.41) is 2.89. The second-order valence-corrected chi connectivity index (χ2v) is 14.2. The third-order valence-corrected chi connectivity index (χ3v) is 8.25. The van der Waals surface area contributed by atoms with Crippen LogP contribution >= 0.6 is 0 Å². The summed E-state index contributed by atoms with van der Waals surface area (Å²) in [5.41, 5.74) is 7.92. The number of nitrogens with zero attached hydrogens (tertiary/aromatic N) is 3. The molecule has 0 unspecified atom stereocenters. The van der Waals surface area contributed by atoms with Crippen LogP contribution in [0, 0.1) is 0 Å². The molecular formula is C37H39N5O7. The predicted octanol–water partition coefficient (Wildman–Crippen LogP) is 5.92. The summed E-state index contributed by atoms with van der Waals surface area (Å²) in [6.07, 6.45) is -1.12. The Morgan fingerprint density at radius 3 is 1.94 bits per heavy atom. The lowest BCUT2D eigenvalue weighted by Gasteiger charge is -2.35. The van der Waals surface area contributed by atoms with Gasteiger partial charge in [0.2, 0.25) is 0 Å². The Labute approximate surface area is 283 Å². The Kier molecular flexibility index (Phi) is 8.21. The minimum absolute atomic E-state index is 0.0312. The fourth-order valence-corrected chi connectivity index (χ4v) is 6.11. The second-order valence-electron chi connectivity index (χ2n) is 14.2. The van der Waals surface area contributed by atoms with Crippen LogP contribution in [0.1, 0.15) is 72.6 Å². The van der Waals surface area contributed by atoms with Gasteiger partial charge in [0.1, 0.15) is 11.2 Å². The number of benzene rings is 3. The Bertz CT molecular complexity index is 2030. The molecule has 0 saturated carbocycles. The predicted molar refractivity (Wildman–Crippen MR) is 184 cm³/mol. The van der Waals surface area contributed by atoms with E-state index in [-0.39, 0.29) is 28.4 Å². The number of nitrogens with two attached hydrogens (primary N) is 1. The Balaban J connectivity index is 1.44. The highest BCUT2D eigenvalue weighted by Gasteiger charge is 2.36. The lowest BCUT2D eigenvalue weighted by atomic mass is 9.91. The number of hydrogen-bond acceptors (Lipinski definition) is 8. The van der Waals surface area contributed by atoms with Gasteiger partial charge in [0.25, 0.3) is 17.7 Å². The second kappa shape index (κ2) is 12.1. The van der Waals surface area contributed by atoms with Gasteiger partial charge >= 0.3 is 12.2 Å². The van der Waals surface area contributed by atoms with E-state index in [0.29, 0.717) is 53.8 Å². The monoisotopic (exact) mass is 665 g/mol. The molecule has 2 aliphatic rings. The van der Waals surface area contributed by atoms with Crippen molar-refractivity contribution in [2.24, 2.45) is 0 Å². The van der Waals surface area contributed by atoms with Gasteiger partial charge in [-0.15, -0.1) is 0 Å². The van der Waals surface area contributed by atoms with Crippen LogP contribution in [0.2, 0.25) is 0 Å². The first-order valence-electron chi connectivity index (χ1n) is 16.1. The topological polar surface area (TPSA) is 153 Å². The van der Waals surface area contributed by atoms with Crippen LogP contribution < -0.4 is 11.1 Å².